The highest BCUT2D eigenvalue weighted by molar-refractivity contribution is 7.90. The Morgan fingerprint density at radius 3 is 2.49 bits per heavy atom. The van der Waals surface area contributed by atoms with Crippen LogP contribution < -0.4 is 10.6 Å². The number of halogens is 4. The summed E-state index contributed by atoms with van der Waals surface area (Å²) >= 11 is 0. The summed E-state index contributed by atoms with van der Waals surface area (Å²) in [5, 5.41) is 14.9. The maximum absolute atomic E-state index is 13.8. The monoisotopic (exact) mass is 556 g/mol. The van der Waals surface area contributed by atoms with Crippen LogP contribution in [0.3, 0.4) is 0 Å². The number of rotatable bonds is 7. The summed E-state index contributed by atoms with van der Waals surface area (Å²) < 4.78 is 78.8. The van der Waals surface area contributed by atoms with Crippen LogP contribution in [0.5, 0.6) is 0 Å². The fourth-order valence-electron chi connectivity index (χ4n) is 4.06. The third-order valence-corrected chi connectivity index (χ3v) is 7.46. The zero-order chi connectivity index (χ0) is 28.0. The fraction of sp³-hybridized carbons (Fsp3) is 0.231. The minimum absolute atomic E-state index is 0.00165. The zero-order valence-corrected chi connectivity index (χ0v) is 21.2. The molecule has 2 aromatic heterocycles. The molecule has 8 nitrogen and oxygen atoms in total. The molecule has 2 N–H and O–H groups in total. The SMILES string of the molecule is CS(=O)(=O)c1cccc(CNc2nc(NC3(C(F)(F)F)CC3)c3nc(-c4ccc(F)cc4C#N)ccc3n2)c1. The minimum atomic E-state index is -4.54. The van der Waals surface area contributed by atoms with Crippen LogP contribution in [0.15, 0.2) is 59.5 Å². The van der Waals surface area contributed by atoms with Gasteiger partial charge in [-0.1, -0.05) is 12.1 Å². The summed E-state index contributed by atoms with van der Waals surface area (Å²) in [4.78, 5) is 13.2. The number of hydrogen-bond donors (Lipinski definition) is 2. The predicted molar refractivity (Wildman–Crippen MR) is 136 cm³/mol. The van der Waals surface area contributed by atoms with Crippen LogP contribution in [0.25, 0.3) is 22.3 Å². The van der Waals surface area contributed by atoms with Crippen LogP contribution in [0, 0.1) is 17.1 Å². The lowest BCUT2D eigenvalue weighted by molar-refractivity contribution is -0.151. The first-order valence-corrected chi connectivity index (χ1v) is 13.5. The maximum Gasteiger partial charge on any atom is 0.411 e. The quantitative estimate of drug-likeness (QED) is 0.297. The van der Waals surface area contributed by atoms with Gasteiger partial charge in [0.05, 0.1) is 27.7 Å². The molecule has 2 aromatic carbocycles. The van der Waals surface area contributed by atoms with Crippen LogP contribution >= 0.6 is 0 Å². The van der Waals surface area contributed by atoms with E-state index in [0.29, 0.717) is 11.1 Å². The molecule has 13 heteroatoms. The Kier molecular flexibility index (Phi) is 6.38. The van der Waals surface area contributed by atoms with Gasteiger partial charge >= 0.3 is 6.18 Å². The molecule has 0 bridgehead atoms. The lowest BCUT2D eigenvalue weighted by Gasteiger charge is -2.22. The van der Waals surface area contributed by atoms with Gasteiger partial charge in [0.25, 0.3) is 0 Å². The molecule has 1 saturated carbocycles. The molecule has 0 amide bonds. The Balaban J connectivity index is 1.55. The van der Waals surface area contributed by atoms with Crippen LogP contribution in [0.4, 0.5) is 29.3 Å². The molecule has 0 aliphatic heterocycles. The van der Waals surface area contributed by atoms with E-state index in [4.69, 9.17) is 0 Å². The largest absolute Gasteiger partial charge is 0.411 e. The highest BCUT2D eigenvalue weighted by Crippen LogP contribution is 2.51. The normalized spacial score (nSPS) is 14.6. The average Bonchev–Trinajstić information content (AvgIpc) is 3.68. The number of pyridine rings is 1. The van der Waals surface area contributed by atoms with Gasteiger partial charge in [0.1, 0.15) is 16.9 Å². The molecule has 0 saturated heterocycles. The van der Waals surface area contributed by atoms with Gasteiger partial charge in [0.2, 0.25) is 5.95 Å². The van der Waals surface area contributed by atoms with Crippen LogP contribution in [-0.4, -0.2) is 41.3 Å². The molecule has 0 spiro atoms. The molecule has 2 heterocycles. The van der Waals surface area contributed by atoms with Crippen LogP contribution in [0.2, 0.25) is 0 Å². The highest BCUT2D eigenvalue weighted by Gasteiger charge is 2.64. The van der Waals surface area contributed by atoms with Gasteiger partial charge in [0.15, 0.2) is 15.7 Å². The predicted octanol–water partition coefficient (Wildman–Crippen LogP) is 5.22. The minimum Gasteiger partial charge on any atom is -0.354 e. The summed E-state index contributed by atoms with van der Waals surface area (Å²) in [7, 11) is -3.43. The van der Waals surface area contributed by atoms with E-state index in [1.165, 1.54) is 30.3 Å². The second-order valence-corrected chi connectivity index (χ2v) is 11.3. The Labute approximate surface area is 220 Å². The van der Waals surface area contributed by atoms with Gasteiger partial charge in [-0.15, -0.1) is 0 Å². The molecule has 0 atom stereocenters. The standard InChI is InChI=1S/C26H20F4N6O2S/c1-39(37,38)18-4-2-3-15(11-18)14-32-24-34-21-8-7-20(19-6-5-17(27)12-16(19)13-31)33-22(21)23(35-24)36-25(9-10-25)26(28,29)30/h2-8,11-12H,9-10,14H2,1H3,(H2,32,34,35,36). The molecule has 0 radical (unpaired) electrons. The Morgan fingerprint density at radius 2 is 1.82 bits per heavy atom. The van der Waals surface area contributed by atoms with Crippen molar-refractivity contribution in [2.24, 2.45) is 0 Å². The van der Waals surface area contributed by atoms with Crippen molar-refractivity contribution in [3.05, 3.63) is 71.5 Å². The van der Waals surface area contributed by atoms with Crippen molar-refractivity contribution in [3.63, 3.8) is 0 Å². The molecule has 1 aliphatic rings. The number of sulfone groups is 1. The summed E-state index contributed by atoms with van der Waals surface area (Å²) in [6, 6.07) is 14.7. The number of benzene rings is 2. The van der Waals surface area contributed by atoms with E-state index in [1.807, 2.05) is 6.07 Å². The second-order valence-electron chi connectivity index (χ2n) is 9.24. The van der Waals surface area contributed by atoms with E-state index in [9.17, 15) is 31.2 Å². The van der Waals surface area contributed by atoms with Gasteiger partial charge in [-0.2, -0.15) is 23.4 Å². The number of fused-ring (bicyclic) bond motifs is 1. The molecule has 1 aliphatic carbocycles. The summed E-state index contributed by atoms with van der Waals surface area (Å²) in [6.45, 7) is 0.103. The molecular formula is C26H20F4N6O2S. The lowest BCUT2D eigenvalue weighted by atomic mass is 10.0. The average molecular weight is 557 g/mol. The maximum atomic E-state index is 13.8. The molecule has 39 heavy (non-hydrogen) atoms. The third-order valence-electron chi connectivity index (χ3n) is 6.35. The topological polar surface area (TPSA) is 121 Å². The van der Waals surface area contributed by atoms with Crippen molar-refractivity contribution in [2.45, 2.75) is 36.0 Å². The molecular weight excluding hydrogens is 536 g/mol. The van der Waals surface area contributed by atoms with E-state index in [2.05, 4.69) is 25.6 Å². The van der Waals surface area contributed by atoms with Gasteiger partial charge in [0, 0.05) is 18.4 Å². The molecule has 4 aromatic rings. The first-order chi connectivity index (χ1) is 18.4. The fourth-order valence-corrected chi connectivity index (χ4v) is 4.75. The van der Waals surface area contributed by atoms with Gasteiger partial charge < -0.3 is 10.6 Å². The Hall–Kier alpha value is -4.31. The molecule has 5 rings (SSSR count). The number of alkyl halides is 3. The van der Waals surface area contributed by atoms with Crippen molar-refractivity contribution in [3.8, 4) is 17.3 Å². The Bertz CT molecular complexity index is 1750. The van der Waals surface area contributed by atoms with Gasteiger partial charge in [-0.05, 0) is 60.9 Å². The second kappa shape index (κ2) is 9.46. The van der Waals surface area contributed by atoms with E-state index in [0.717, 1.165) is 18.4 Å². The number of hydrogen-bond acceptors (Lipinski definition) is 8. The molecule has 200 valence electrons. The van der Waals surface area contributed by atoms with Crippen molar-refractivity contribution in [1.29, 1.82) is 5.26 Å². The number of nitriles is 1. The van der Waals surface area contributed by atoms with Crippen molar-refractivity contribution >= 4 is 32.6 Å². The van der Waals surface area contributed by atoms with E-state index in [-0.39, 0.29) is 58.3 Å². The molecule has 0 unspecified atom stereocenters. The highest BCUT2D eigenvalue weighted by atomic mass is 32.2. The smallest absolute Gasteiger partial charge is 0.354 e. The number of anilines is 2. The van der Waals surface area contributed by atoms with Crippen molar-refractivity contribution < 1.29 is 26.0 Å². The zero-order valence-electron chi connectivity index (χ0n) is 20.3. The summed E-state index contributed by atoms with van der Waals surface area (Å²) in [5.41, 5.74) is -0.735. The third kappa shape index (κ3) is 5.33. The summed E-state index contributed by atoms with van der Waals surface area (Å²) in [5.74, 6) is -0.771. The molecule has 1 fully saturated rings. The number of nitrogens with zero attached hydrogens (tertiary/aromatic N) is 4. The summed E-state index contributed by atoms with van der Waals surface area (Å²) in [6.07, 6.45) is -3.73. The number of nitrogens with one attached hydrogen (secondary N) is 2. The van der Waals surface area contributed by atoms with Crippen LogP contribution in [0.1, 0.15) is 24.0 Å². The van der Waals surface area contributed by atoms with Crippen molar-refractivity contribution in [1.82, 2.24) is 15.0 Å². The number of aromatic nitrogens is 3. The lowest BCUT2D eigenvalue weighted by Crippen LogP contribution is -2.39. The van der Waals surface area contributed by atoms with E-state index in [1.54, 1.807) is 12.1 Å². The first kappa shape index (κ1) is 26.3. The first-order valence-electron chi connectivity index (χ1n) is 11.7. The van der Waals surface area contributed by atoms with E-state index < -0.39 is 27.4 Å². The van der Waals surface area contributed by atoms with Crippen LogP contribution in [-0.2, 0) is 16.4 Å². The van der Waals surface area contributed by atoms with E-state index >= 15 is 0 Å². The Morgan fingerprint density at radius 1 is 1.05 bits per heavy atom. The van der Waals surface area contributed by atoms with Gasteiger partial charge in [-0.3, -0.25) is 0 Å². The van der Waals surface area contributed by atoms with Gasteiger partial charge in [-0.25, -0.2) is 22.8 Å². The van der Waals surface area contributed by atoms with Crippen molar-refractivity contribution in [2.75, 3.05) is 16.9 Å².